The van der Waals surface area contributed by atoms with Crippen LogP contribution in [0.25, 0.3) is 10.9 Å². The summed E-state index contributed by atoms with van der Waals surface area (Å²) < 4.78 is 9.12. The van der Waals surface area contributed by atoms with Gasteiger partial charge in [0.15, 0.2) is 0 Å². The molecular formula is C30H42N3O2+. The third kappa shape index (κ3) is 5.95. The molecule has 5 nitrogen and oxygen atoms in total. The molecule has 0 aliphatic carbocycles. The highest BCUT2D eigenvalue weighted by Crippen LogP contribution is 2.34. The van der Waals surface area contributed by atoms with E-state index in [1.807, 2.05) is 13.1 Å². The zero-order chi connectivity index (χ0) is 25.2. The molecule has 1 atom stereocenters. The third-order valence-electron chi connectivity index (χ3n) is 7.55. The highest BCUT2D eigenvalue weighted by molar-refractivity contribution is 5.86. The van der Waals surface area contributed by atoms with Crippen molar-refractivity contribution in [2.75, 3.05) is 20.3 Å². The lowest BCUT2D eigenvalue weighted by atomic mass is 9.85. The van der Waals surface area contributed by atoms with Gasteiger partial charge in [-0.1, -0.05) is 44.9 Å². The van der Waals surface area contributed by atoms with Crippen molar-refractivity contribution in [2.45, 2.75) is 79.8 Å². The summed E-state index contributed by atoms with van der Waals surface area (Å²) in [5.74, 6) is -0.0708. The maximum atomic E-state index is 12.6. The van der Waals surface area contributed by atoms with E-state index < -0.39 is 0 Å². The Bertz CT molecular complexity index is 1190. The first kappa shape index (κ1) is 25.4. The predicted molar refractivity (Wildman–Crippen MR) is 142 cm³/mol. The Balaban J connectivity index is 1.53. The van der Waals surface area contributed by atoms with E-state index in [4.69, 9.17) is 4.74 Å². The molecule has 0 amide bonds. The Kier molecular flexibility index (Phi) is 7.37. The molecular weight excluding hydrogens is 434 g/mol. The van der Waals surface area contributed by atoms with Gasteiger partial charge in [0, 0.05) is 47.0 Å². The molecule has 1 aliphatic rings. The quantitative estimate of drug-likeness (QED) is 0.276. The fraction of sp³-hybridized carbons (Fsp3) is 0.533. The Hall–Kier alpha value is -2.66. The van der Waals surface area contributed by atoms with E-state index in [9.17, 15) is 4.79 Å². The van der Waals surface area contributed by atoms with Crippen LogP contribution in [0.15, 0.2) is 36.5 Å². The maximum Gasteiger partial charge on any atom is 0.310 e. The molecule has 1 aromatic carbocycles. The summed E-state index contributed by atoms with van der Waals surface area (Å²) in [4.78, 5) is 17.1. The van der Waals surface area contributed by atoms with Crippen LogP contribution in [0.5, 0.6) is 0 Å². The van der Waals surface area contributed by atoms with Gasteiger partial charge in [-0.3, -0.25) is 14.3 Å². The van der Waals surface area contributed by atoms with Crippen molar-refractivity contribution in [3.8, 4) is 0 Å². The number of ether oxygens (including phenoxy) is 1. The van der Waals surface area contributed by atoms with E-state index >= 15 is 0 Å². The molecule has 0 radical (unpaired) electrons. The van der Waals surface area contributed by atoms with Crippen molar-refractivity contribution >= 4 is 16.9 Å². The number of hydrogen-bond donors (Lipinski definition) is 0. The number of benzene rings is 1. The molecule has 35 heavy (non-hydrogen) atoms. The molecule has 1 aliphatic heterocycles. The number of carbonyl (C=O) groups excluding carboxylic acids is 1. The summed E-state index contributed by atoms with van der Waals surface area (Å²) >= 11 is 0. The molecule has 1 unspecified atom stereocenters. The number of rotatable bonds is 9. The Labute approximate surface area is 210 Å². The molecule has 3 heterocycles. The Morgan fingerprint density at radius 1 is 1.20 bits per heavy atom. The van der Waals surface area contributed by atoms with Crippen LogP contribution in [-0.4, -0.2) is 40.3 Å². The van der Waals surface area contributed by atoms with Gasteiger partial charge < -0.3 is 9.30 Å². The van der Waals surface area contributed by atoms with Crippen LogP contribution in [0.4, 0.5) is 0 Å². The normalized spacial score (nSPS) is 18.0. The third-order valence-corrected chi connectivity index (χ3v) is 7.55. The van der Waals surface area contributed by atoms with E-state index in [0.717, 1.165) is 55.5 Å². The van der Waals surface area contributed by atoms with E-state index in [1.54, 1.807) is 0 Å². The molecule has 0 spiro atoms. The smallest absolute Gasteiger partial charge is 0.310 e. The first-order chi connectivity index (χ1) is 16.6. The summed E-state index contributed by atoms with van der Waals surface area (Å²) in [5.41, 5.74) is 7.78. The second kappa shape index (κ2) is 10.1. The van der Waals surface area contributed by atoms with E-state index in [2.05, 4.69) is 74.6 Å². The minimum Gasteiger partial charge on any atom is -0.415 e. The van der Waals surface area contributed by atoms with Gasteiger partial charge in [0.05, 0.1) is 20.0 Å². The van der Waals surface area contributed by atoms with Gasteiger partial charge in [0.1, 0.15) is 6.54 Å². The fourth-order valence-electron chi connectivity index (χ4n) is 5.58. The number of pyridine rings is 1. The highest BCUT2D eigenvalue weighted by Gasteiger charge is 2.34. The average molecular weight is 477 g/mol. The van der Waals surface area contributed by atoms with Crippen molar-refractivity contribution in [1.29, 1.82) is 0 Å². The van der Waals surface area contributed by atoms with Crippen molar-refractivity contribution in [3.63, 3.8) is 0 Å². The molecule has 0 saturated heterocycles. The summed E-state index contributed by atoms with van der Waals surface area (Å²) in [6, 6.07) is 11.1. The number of carbonyl (C=O) groups is 1. The molecule has 4 rings (SSSR count). The molecule has 0 fully saturated rings. The first-order valence-electron chi connectivity index (χ1n) is 13.1. The monoisotopic (exact) mass is 476 g/mol. The van der Waals surface area contributed by atoms with Gasteiger partial charge in [-0.15, -0.1) is 0 Å². The van der Waals surface area contributed by atoms with Crippen molar-refractivity contribution in [3.05, 3.63) is 64.6 Å². The van der Waals surface area contributed by atoms with E-state index in [1.165, 1.54) is 33.3 Å². The van der Waals surface area contributed by atoms with Crippen LogP contribution in [0, 0.1) is 19.3 Å². The van der Waals surface area contributed by atoms with E-state index in [0.29, 0.717) is 13.2 Å². The molecule has 0 N–H and O–H groups in total. The zero-order valence-corrected chi connectivity index (χ0v) is 22.5. The predicted octanol–water partition coefficient (Wildman–Crippen LogP) is 6.12. The Morgan fingerprint density at radius 3 is 2.71 bits per heavy atom. The lowest BCUT2D eigenvalue weighted by Crippen LogP contribution is -2.49. The topological polar surface area (TPSA) is 44.1 Å². The Morgan fingerprint density at radius 2 is 2.00 bits per heavy atom. The molecule has 0 bridgehead atoms. The van der Waals surface area contributed by atoms with Crippen LogP contribution in [-0.2, 0) is 35.5 Å². The van der Waals surface area contributed by atoms with Crippen LogP contribution in [0.2, 0.25) is 0 Å². The summed E-state index contributed by atoms with van der Waals surface area (Å²) in [6.07, 6.45) is 6.56. The minimum atomic E-state index is -0.0708. The largest absolute Gasteiger partial charge is 0.415 e. The molecule has 3 aromatic rings. The molecule has 188 valence electrons. The average Bonchev–Trinajstić information content (AvgIpc) is 3.09. The molecule has 5 heteroatoms. The number of esters is 1. The summed E-state index contributed by atoms with van der Waals surface area (Å²) in [7, 11) is 2.23. The van der Waals surface area contributed by atoms with Crippen molar-refractivity contribution < 1.29 is 14.0 Å². The van der Waals surface area contributed by atoms with Crippen LogP contribution in [0.1, 0.15) is 68.1 Å². The van der Waals surface area contributed by atoms with Gasteiger partial charge in [-0.2, -0.15) is 0 Å². The van der Waals surface area contributed by atoms with E-state index in [-0.39, 0.29) is 11.4 Å². The maximum absolute atomic E-state index is 12.6. The summed E-state index contributed by atoms with van der Waals surface area (Å²) in [5, 5.41) is 1.35. The number of fused-ring (bicyclic) bond motifs is 3. The van der Waals surface area contributed by atoms with Gasteiger partial charge in [0.25, 0.3) is 0 Å². The van der Waals surface area contributed by atoms with Gasteiger partial charge >= 0.3 is 5.97 Å². The number of aromatic nitrogens is 2. The van der Waals surface area contributed by atoms with Crippen molar-refractivity contribution in [1.82, 2.24) is 9.55 Å². The van der Waals surface area contributed by atoms with Crippen LogP contribution < -0.4 is 0 Å². The zero-order valence-electron chi connectivity index (χ0n) is 22.5. The second-order valence-corrected chi connectivity index (χ2v) is 11.6. The molecule has 2 aromatic heterocycles. The van der Waals surface area contributed by atoms with Crippen molar-refractivity contribution in [2.24, 2.45) is 5.41 Å². The number of nitrogens with zero attached hydrogens (tertiary/aromatic N) is 3. The fourth-order valence-corrected chi connectivity index (χ4v) is 5.58. The SMILES string of the molecule is CCCC(C)(C)CC(=O)OC[N+]1(C)CCc2c(c3cc(C)ccc3n2CCc2ccc(C)nc2)C1. The van der Waals surface area contributed by atoms with Crippen LogP contribution in [0.3, 0.4) is 0 Å². The number of aryl methyl sites for hydroxylation is 4. The minimum absolute atomic E-state index is 0.00259. The lowest BCUT2D eigenvalue weighted by Gasteiger charge is -2.37. The standard InChI is InChI=1S/C30H42N3O2/c1-7-14-30(4,5)18-29(34)35-21-33(6)16-13-28-26(20-33)25-17-22(2)8-11-27(25)32(28)15-12-24-10-9-23(3)31-19-24/h8-11,17,19H,7,12-16,18,20-21H2,1-6H3/q+1. The highest BCUT2D eigenvalue weighted by atomic mass is 16.5. The van der Waals surface area contributed by atoms with Gasteiger partial charge in [0.2, 0.25) is 6.73 Å². The second-order valence-electron chi connectivity index (χ2n) is 11.6. The number of quaternary nitrogens is 1. The van der Waals surface area contributed by atoms with Gasteiger partial charge in [-0.05, 0) is 55.9 Å². The van der Waals surface area contributed by atoms with Crippen LogP contribution >= 0.6 is 0 Å². The molecule has 0 saturated carbocycles. The lowest BCUT2D eigenvalue weighted by molar-refractivity contribution is -0.940. The number of likely N-dealkylation sites (N-methyl/N-ethyl adjacent to an activating group) is 1. The first-order valence-corrected chi connectivity index (χ1v) is 13.1. The van der Waals surface area contributed by atoms with Gasteiger partial charge in [-0.25, -0.2) is 0 Å². The number of hydrogen-bond acceptors (Lipinski definition) is 3. The summed E-state index contributed by atoms with van der Waals surface area (Å²) in [6.45, 7) is 13.9.